The van der Waals surface area contributed by atoms with E-state index in [1.165, 1.54) is 29.6 Å². The molecule has 0 atom stereocenters. The summed E-state index contributed by atoms with van der Waals surface area (Å²) in [7, 11) is 1.41. The van der Waals surface area contributed by atoms with Gasteiger partial charge < -0.3 is 10.1 Å². The zero-order chi connectivity index (χ0) is 15.4. The number of hydrogen-bond acceptors (Lipinski definition) is 5. The maximum atomic E-state index is 11.7. The second-order valence-corrected chi connectivity index (χ2v) is 6.71. The number of nitrogens with one attached hydrogen (secondary N) is 1. The SMILES string of the molecule is CCc1c(C)cccc1Nc1cc(C(=O)OC)sc1SC. The largest absolute Gasteiger partial charge is 0.465 e. The molecular formula is C16H19NO2S2. The van der Waals surface area contributed by atoms with Crippen LogP contribution in [0.2, 0.25) is 0 Å². The highest BCUT2D eigenvalue weighted by atomic mass is 32.2. The fourth-order valence-electron chi connectivity index (χ4n) is 2.25. The number of anilines is 2. The number of carbonyl (C=O) groups excluding carboxylic acids is 1. The maximum Gasteiger partial charge on any atom is 0.348 e. The van der Waals surface area contributed by atoms with Crippen molar-refractivity contribution in [2.75, 3.05) is 18.7 Å². The van der Waals surface area contributed by atoms with Gasteiger partial charge in [-0.2, -0.15) is 0 Å². The molecule has 0 aliphatic rings. The minimum absolute atomic E-state index is 0.289. The molecule has 0 saturated heterocycles. The third-order valence-corrected chi connectivity index (χ3v) is 5.55. The molecule has 0 saturated carbocycles. The summed E-state index contributed by atoms with van der Waals surface area (Å²) in [4.78, 5) is 12.3. The van der Waals surface area contributed by atoms with E-state index in [0.717, 1.165) is 22.0 Å². The van der Waals surface area contributed by atoms with Crippen molar-refractivity contribution in [2.24, 2.45) is 0 Å². The quantitative estimate of drug-likeness (QED) is 0.630. The number of aryl methyl sites for hydroxylation is 1. The number of carbonyl (C=O) groups is 1. The molecule has 112 valence electrons. The van der Waals surface area contributed by atoms with Gasteiger partial charge in [0.05, 0.1) is 17.0 Å². The summed E-state index contributed by atoms with van der Waals surface area (Å²) < 4.78 is 5.88. The van der Waals surface area contributed by atoms with Crippen LogP contribution in [0.5, 0.6) is 0 Å². The van der Waals surface area contributed by atoms with Gasteiger partial charge in [-0.25, -0.2) is 4.79 Å². The van der Waals surface area contributed by atoms with Crippen LogP contribution >= 0.6 is 23.1 Å². The normalized spacial score (nSPS) is 10.5. The van der Waals surface area contributed by atoms with Crippen molar-refractivity contribution in [2.45, 2.75) is 24.5 Å². The molecular weight excluding hydrogens is 302 g/mol. The first-order chi connectivity index (χ1) is 10.1. The molecule has 1 aromatic heterocycles. The first-order valence-corrected chi connectivity index (χ1v) is 8.76. The standard InChI is InChI=1S/C16H19NO2S2/c1-5-11-10(2)7-6-8-12(11)17-13-9-14(15(18)19-3)21-16(13)20-4/h6-9,17H,5H2,1-4H3. The van der Waals surface area contributed by atoms with Crippen molar-refractivity contribution in [3.8, 4) is 0 Å². The van der Waals surface area contributed by atoms with Crippen molar-refractivity contribution >= 4 is 40.4 Å². The molecule has 0 spiro atoms. The topological polar surface area (TPSA) is 38.3 Å². The van der Waals surface area contributed by atoms with Crippen LogP contribution in [0.15, 0.2) is 28.5 Å². The van der Waals surface area contributed by atoms with E-state index in [4.69, 9.17) is 4.74 Å². The lowest BCUT2D eigenvalue weighted by molar-refractivity contribution is 0.0606. The summed E-state index contributed by atoms with van der Waals surface area (Å²) >= 11 is 3.08. The molecule has 1 aromatic carbocycles. The van der Waals surface area contributed by atoms with Gasteiger partial charge in [-0.05, 0) is 42.9 Å². The molecule has 0 radical (unpaired) electrons. The van der Waals surface area contributed by atoms with E-state index >= 15 is 0 Å². The number of rotatable bonds is 5. The Labute approximate surface area is 133 Å². The molecule has 1 N–H and O–H groups in total. The van der Waals surface area contributed by atoms with Crippen molar-refractivity contribution < 1.29 is 9.53 Å². The van der Waals surface area contributed by atoms with Crippen molar-refractivity contribution in [1.29, 1.82) is 0 Å². The average Bonchev–Trinajstić information content (AvgIpc) is 2.89. The first kappa shape index (κ1) is 15.9. The van der Waals surface area contributed by atoms with Crippen LogP contribution in [0.25, 0.3) is 0 Å². The van der Waals surface area contributed by atoms with Crippen molar-refractivity contribution in [3.63, 3.8) is 0 Å². The Kier molecular flexibility index (Phi) is 5.31. The minimum atomic E-state index is -0.289. The monoisotopic (exact) mass is 321 g/mol. The van der Waals surface area contributed by atoms with E-state index in [9.17, 15) is 4.79 Å². The van der Waals surface area contributed by atoms with Crippen LogP contribution in [0.1, 0.15) is 27.7 Å². The van der Waals surface area contributed by atoms with E-state index in [0.29, 0.717) is 4.88 Å². The fourth-order valence-corrected chi connectivity index (χ4v) is 3.94. The van der Waals surface area contributed by atoms with E-state index in [-0.39, 0.29) is 5.97 Å². The van der Waals surface area contributed by atoms with Crippen LogP contribution in [0.4, 0.5) is 11.4 Å². The molecule has 1 heterocycles. The van der Waals surface area contributed by atoms with E-state index in [1.807, 2.05) is 18.4 Å². The van der Waals surface area contributed by atoms with Crippen LogP contribution < -0.4 is 5.32 Å². The highest BCUT2D eigenvalue weighted by Gasteiger charge is 2.15. The molecule has 0 amide bonds. The lowest BCUT2D eigenvalue weighted by atomic mass is 10.0. The Morgan fingerprint density at radius 1 is 1.38 bits per heavy atom. The van der Waals surface area contributed by atoms with Gasteiger partial charge in [0, 0.05) is 5.69 Å². The Bertz CT molecular complexity index is 650. The predicted molar refractivity (Wildman–Crippen MR) is 91.3 cm³/mol. The zero-order valence-electron chi connectivity index (χ0n) is 12.6. The number of thioether (sulfide) groups is 1. The van der Waals surface area contributed by atoms with Crippen LogP contribution in [0.3, 0.4) is 0 Å². The molecule has 21 heavy (non-hydrogen) atoms. The lowest BCUT2D eigenvalue weighted by Crippen LogP contribution is -1.98. The minimum Gasteiger partial charge on any atom is -0.465 e. The summed E-state index contributed by atoms with van der Waals surface area (Å²) in [5.74, 6) is -0.289. The molecule has 0 aliphatic carbocycles. The number of thiophene rings is 1. The molecule has 0 aliphatic heterocycles. The van der Waals surface area contributed by atoms with Gasteiger partial charge in [0.1, 0.15) is 4.88 Å². The number of ether oxygens (including phenoxy) is 1. The third kappa shape index (κ3) is 3.41. The maximum absolute atomic E-state index is 11.7. The fraction of sp³-hybridized carbons (Fsp3) is 0.312. The van der Waals surface area contributed by atoms with E-state index in [1.54, 1.807) is 11.8 Å². The Balaban J connectivity index is 2.37. The second-order valence-electron chi connectivity index (χ2n) is 4.59. The lowest BCUT2D eigenvalue weighted by Gasteiger charge is -2.13. The summed E-state index contributed by atoms with van der Waals surface area (Å²) in [6, 6.07) is 8.10. The van der Waals surface area contributed by atoms with Crippen molar-refractivity contribution in [3.05, 3.63) is 40.3 Å². The van der Waals surface area contributed by atoms with Gasteiger partial charge in [-0.3, -0.25) is 0 Å². The average molecular weight is 321 g/mol. The third-order valence-electron chi connectivity index (χ3n) is 3.30. The van der Waals surface area contributed by atoms with E-state index in [2.05, 4.69) is 31.3 Å². The number of benzene rings is 1. The van der Waals surface area contributed by atoms with Crippen molar-refractivity contribution in [1.82, 2.24) is 0 Å². The molecule has 0 fully saturated rings. The molecule has 5 heteroatoms. The Morgan fingerprint density at radius 3 is 2.76 bits per heavy atom. The molecule has 3 nitrogen and oxygen atoms in total. The van der Waals surface area contributed by atoms with Crippen LogP contribution in [0, 0.1) is 6.92 Å². The van der Waals surface area contributed by atoms with Crippen LogP contribution in [-0.2, 0) is 11.2 Å². The summed E-state index contributed by atoms with van der Waals surface area (Å²) in [6.45, 7) is 4.27. The predicted octanol–water partition coefficient (Wildman–Crippen LogP) is 4.87. The second kappa shape index (κ2) is 7.00. The molecule has 0 bridgehead atoms. The number of methoxy groups -OCH3 is 1. The van der Waals surface area contributed by atoms with Crippen LogP contribution in [-0.4, -0.2) is 19.3 Å². The van der Waals surface area contributed by atoms with E-state index < -0.39 is 0 Å². The van der Waals surface area contributed by atoms with Gasteiger partial charge in [-0.15, -0.1) is 23.1 Å². The van der Waals surface area contributed by atoms with Gasteiger partial charge in [-0.1, -0.05) is 19.1 Å². The smallest absolute Gasteiger partial charge is 0.348 e. The Morgan fingerprint density at radius 2 is 2.14 bits per heavy atom. The highest BCUT2D eigenvalue weighted by molar-refractivity contribution is 8.00. The molecule has 2 aromatic rings. The number of hydrogen-bond donors (Lipinski definition) is 1. The van der Waals surface area contributed by atoms with Gasteiger partial charge >= 0.3 is 5.97 Å². The summed E-state index contributed by atoms with van der Waals surface area (Å²) in [6.07, 6.45) is 2.98. The first-order valence-electron chi connectivity index (χ1n) is 6.72. The van der Waals surface area contributed by atoms with Gasteiger partial charge in [0.15, 0.2) is 0 Å². The molecule has 2 rings (SSSR count). The molecule has 0 unspecified atom stereocenters. The summed E-state index contributed by atoms with van der Waals surface area (Å²) in [5, 5.41) is 3.46. The number of esters is 1. The van der Waals surface area contributed by atoms with Gasteiger partial charge in [0.25, 0.3) is 0 Å². The summed E-state index contributed by atoms with van der Waals surface area (Å²) in [5.41, 5.74) is 4.64. The highest BCUT2D eigenvalue weighted by Crippen LogP contribution is 2.37. The Hall–Kier alpha value is -1.46. The zero-order valence-corrected chi connectivity index (χ0v) is 14.3. The van der Waals surface area contributed by atoms with Gasteiger partial charge in [0.2, 0.25) is 0 Å².